The molecule has 24 heavy (non-hydrogen) atoms. The normalized spacial score (nSPS) is 10.4. The molecule has 1 aromatic carbocycles. The molecule has 2 N–H and O–H groups in total. The summed E-state index contributed by atoms with van der Waals surface area (Å²) in [4.78, 5) is 13.2. The highest BCUT2D eigenvalue weighted by molar-refractivity contribution is 5.64. The third-order valence-corrected chi connectivity index (χ3v) is 3.55. The number of anilines is 2. The molecule has 2 aromatic heterocycles. The summed E-state index contributed by atoms with van der Waals surface area (Å²) in [6.07, 6.45) is 4.61. The summed E-state index contributed by atoms with van der Waals surface area (Å²) in [6, 6.07) is 16.1. The van der Waals surface area contributed by atoms with Crippen molar-refractivity contribution in [2.45, 2.75) is 19.9 Å². The van der Waals surface area contributed by atoms with Crippen molar-refractivity contribution >= 4 is 11.8 Å². The van der Waals surface area contributed by atoms with E-state index in [9.17, 15) is 0 Å². The van der Waals surface area contributed by atoms with E-state index in [1.807, 2.05) is 36.4 Å². The summed E-state index contributed by atoms with van der Waals surface area (Å²) >= 11 is 0. The second-order valence-electron chi connectivity index (χ2n) is 5.46. The molecule has 5 heteroatoms. The molecule has 5 nitrogen and oxygen atoms in total. The van der Waals surface area contributed by atoms with Crippen LogP contribution in [0.3, 0.4) is 0 Å². The first-order valence-corrected chi connectivity index (χ1v) is 8.16. The number of hydrogen-bond donors (Lipinski definition) is 2. The molecule has 0 spiro atoms. The molecule has 3 rings (SSSR count). The molecule has 0 radical (unpaired) electrons. The van der Waals surface area contributed by atoms with E-state index in [-0.39, 0.29) is 0 Å². The van der Waals surface area contributed by atoms with E-state index in [0.717, 1.165) is 35.6 Å². The average Bonchev–Trinajstić information content (AvgIpc) is 2.66. The standard InChI is InChI=1S/C19H21N5/c1-2-10-21-18-13-17(16-6-4-3-5-7-16)23-19(24-18)22-14-15-8-11-20-12-9-15/h3-9,11-13H,2,10,14H2,1H3,(H2,21,22,23,24). The Balaban J connectivity index is 1.84. The number of nitrogens with zero attached hydrogens (tertiary/aromatic N) is 3. The number of pyridine rings is 1. The Kier molecular flexibility index (Phi) is 5.35. The van der Waals surface area contributed by atoms with Gasteiger partial charge in [0.25, 0.3) is 0 Å². The first-order chi connectivity index (χ1) is 11.8. The molecule has 2 heterocycles. The van der Waals surface area contributed by atoms with Crippen molar-refractivity contribution in [3.05, 3.63) is 66.5 Å². The van der Waals surface area contributed by atoms with Crippen molar-refractivity contribution in [1.29, 1.82) is 0 Å². The van der Waals surface area contributed by atoms with Crippen molar-refractivity contribution < 1.29 is 0 Å². The van der Waals surface area contributed by atoms with Crippen LogP contribution in [0.5, 0.6) is 0 Å². The molecule has 0 aliphatic heterocycles. The zero-order chi connectivity index (χ0) is 16.6. The van der Waals surface area contributed by atoms with Gasteiger partial charge < -0.3 is 10.6 Å². The highest BCUT2D eigenvalue weighted by Crippen LogP contribution is 2.21. The Hall–Kier alpha value is -2.95. The zero-order valence-electron chi connectivity index (χ0n) is 13.7. The number of rotatable bonds is 7. The fourth-order valence-corrected chi connectivity index (χ4v) is 2.31. The van der Waals surface area contributed by atoms with Crippen LogP contribution in [0, 0.1) is 0 Å². The van der Waals surface area contributed by atoms with Gasteiger partial charge in [-0.25, -0.2) is 4.98 Å². The molecule has 0 amide bonds. The lowest BCUT2D eigenvalue weighted by molar-refractivity contribution is 0.961. The van der Waals surface area contributed by atoms with Gasteiger partial charge in [0.1, 0.15) is 5.82 Å². The maximum Gasteiger partial charge on any atom is 0.225 e. The minimum Gasteiger partial charge on any atom is -0.370 e. The first kappa shape index (κ1) is 15.9. The maximum absolute atomic E-state index is 4.65. The van der Waals surface area contributed by atoms with Gasteiger partial charge in [0.2, 0.25) is 5.95 Å². The van der Waals surface area contributed by atoms with Crippen molar-refractivity contribution in [3.63, 3.8) is 0 Å². The van der Waals surface area contributed by atoms with Gasteiger partial charge in [-0.1, -0.05) is 37.3 Å². The zero-order valence-corrected chi connectivity index (χ0v) is 13.7. The van der Waals surface area contributed by atoms with Gasteiger partial charge in [-0.05, 0) is 24.1 Å². The highest BCUT2D eigenvalue weighted by Gasteiger charge is 2.06. The summed E-state index contributed by atoms with van der Waals surface area (Å²) in [5.41, 5.74) is 3.12. The Labute approximate surface area is 142 Å². The van der Waals surface area contributed by atoms with Crippen molar-refractivity contribution in [3.8, 4) is 11.3 Å². The summed E-state index contributed by atoms with van der Waals surface area (Å²) in [5, 5.41) is 6.64. The van der Waals surface area contributed by atoms with Gasteiger partial charge in [0.05, 0.1) is 5.69 Å². The van der Waals surface area contributed by atoms with Crippen LogP contribution >= 0.6 is 0 Å². The van der Waals surface area contributed by atoms with Crippen molar-refractivity contribution in [1.82, 2.24) is 15.0 Å². The van der Waals surface area contributed by atoms with Gasteiger partial charge in [0, 0.05) is 37.1 Å². The lowest BCUT2D eigenvalue weighted by Gasteiger charge is -2.11. The van der Waals surface area contributed by atoms with Crippen LogP contribution in [0.4, 0.5) is 11.8 Å². The van der Waals surface area contributed by atoms with E-state index >= 15 is 0 Å². The largest absolute Gasteiger partial charge is 0.370 e. The number of hydrogen-bond acceptors (Lipinski definition) is 5. The van der Waals surface area contributed by atoms with E-state index in [1.165, 1.54) is 0 Å². The molecule has 0 atom stereocenters. The van der Waals surface area contributed by atoms with Gasteiger partial charge in [-0.15, -0.1) is 0 Å². The Morgan fingerprint density at radius 2 is 1.71 bits per heavy atom. The van der Waals surface area contributed by atoms with Crippen LogP contribution in [0.15, 0.2) is 60.9 Å². The minimum atomic E-state index is 0.617. The SMILES string of the molecule is CCCNc1cc(-c2ccccc2)nc(NCc2ccncc2)n1. The Morgan fingerprint density at radius 1 is 0.917 bits per heavy atom. The lowest BCUT2D eigenvalue weighted by atomic mass is 10.1. The van der Waals surface area contributed by atoms with Crippen LogP contribution in [0.25, 0.3) is 11.3 Å². The molecular formula is C19H21N5. The molecule has 0 aliphatic rings. The van der Waals surface area contributed by atoms with Crippen LogP contribution in [0.2, 0.25) is 0 Å². The Morgan fingerprint density at radius 3 is 2.46 bits per heavy atom. The lowest BCUT2D eigenvalue weighted by Crippen LogP contribution is -2.08. The minimum absolute atomic E-state index is 0.617. The fourth-order valence-electron chi connectivity index (χ4n) is 2.31. The van der Waals surface area contributed by atoms with E-state index in [1.54, 1.807) is 12.4 Å². The van der Waals surface area contributed by atoms with Crippen LogP contribution < -0.4 is 10.6 Å². The third-order valence-electron chi connectivity index (χ3n) is 3.55. The summed E-state index contributed by atoms with van der Waals surface area (Å²) in [7, 11) is 0. The topological polar surface area (TPSA) is 62.7 Å². The summed E-state index contributed by atoms with van der Waals surface area (Å²) in [5.74, 6) is 1.45. The van der Waals surface area contributed by atoms with E-state index in [4.69, 9.17) is 0 Å². The molecule has 0 fully saturated rings. The molecule has 122 valence electrons. The maximum atomic E-state index is 4.65. The van der Waals surface area contributed by atoms with Crippen molar-refractivity contribution in [2.24, 2.45) is 0 Å². The van der Waals surface area contributed by atoms with Crippen LogP contribution in [-0.2, 0) is 6.54 Å². The molecule has 0 bridgehead atoms. The predicted molar refractivity (Wildman–Crippen MR) is 97.8 cm³/mol. The summed E-state index contributed by atoms with van der Waals surface area (Å²) in [6.45, 7) is 3.68. The molecule has 0 saturated carbocycles. The molecule has 0 saturated heterocycles. The van der Waals surface area contributed by atoms with E-state index < -0.39 is 0 Å². The molecule has 0 unspecified atom stereocenters. The van der Waals surface area contributed by atoms with Crippen LogP contribution in [-0.4, -0.2) is 21.5 Å². The second-order valence-corrected chi connectivity index (χ2v) is 5.46. The third kappa shape index (κ3) is 4.29. The van der Waals surface area contributed by atoms with Gasteiger partial charge in [0.15, 0.2) is 0 Å². The molecule has 0 aliphatic carbocycles. The van der Waals surface area contributed by atoms with Gasteiger partial charge >= 0.3 is 0 Å². The number of nitrogens with one attached hydrogen (secondary N) is 2. The number of aromatic nitrogens is 3. The van der Waals surface area contributed by atoms with E-state index in [0.29, 0.717) is 12.5 Å². The highest BCUT2D eigenvalue weighted by atomic mass is 15.1. The first-order valence-electron chi connectivity index (χ1n) is 8.16. The molecular weight excluding hydrogens is 298 g/mol. The van der Waals surface area contributed by atoms with E-state index in [2.05, 4.69) is 44.6 Å². The van der Waals surface area contributed by atoms with Gasteiger partial charge in [-0.3, -0.25) is 4.98 Å². The van der Waals surface area contributed by atoms with Gasteiger partial charge in [-0.2, -0.15) is 4.98 Å². The quantitative estimate of drug-likeness (QED) is 0.690. The van der Waals surface area contributed by atoms with Crippen molar-refractivity contribution in [2.75, 3.05) is 17.2 Å². The summed E-state index contributed by atoms with van der Waals surface area (Å²) < 4.78 is 0. The van der Waals surface area contributed by atoms with Crippen LogP contribution in [0.1, 0.15) is 18.9 Å². The predicted octanol–water partition coefficient (Wildman–Crippen LogP) is 3.97. The number of benzene rings is 1. The molecule has 3 aromatic rings. The second kappa shape index (κ2) is 8.06. The monoisotopic (exact) mass is 319 g/mol. The fraction of sp³-hybridized carbons (Fsp3) is 0.211. The smallest absolute Gasteiger partial charge is 0.225 e. The Bertz CT molecular complexity index is 759. The average molecular weight is 319 g/mol.